The van der Waals surface area contributed by atoms with Gasteiger partial charge in [0.05, 0.1) is 0 Å². The molecule has 0 fully saturated rings. The number of para-hydroxylation sites is 1. The molecule has 0 radical (unpaired) electrons. The van der Waals surface area contributed by atoms with Crippen LogP contribution in [0, 0.1) is 0 Å². The van der Waals surface area contributed by atoms with Gasteiger partial charge in [0.25, 0.3) is 0 Å². The maximum atomic E-state index is 5.98. The summed E-state index contributed by atoms with van der Waals surface area (Å²) in [5, 5.41) is 3.29. The molecule has 5 aromatic rings. The average molecular weight is 354 g/mol. The number of fused-ring (bicyclic) bond motifs is 3. The van der Waals surface area contributed by atoms with Crippen molar-refractivity contribution in [2.45, 2.75) is 0 Å². The number of aromatic amines is 1. The molecule has 1 aromatic heterocycles. The Hall–Kier alpha value is -3.03. The highest BCUT2D eigenvalue weighted by atomic mass is 35.5. The minimum atomic E-state index is 0.761. The molecule has 26 heavy (non-hydrogen) atoms. The second kappa shape index (κ2) is 6.05. The highest BCUT2D eigenvalue weighted by Gasteiger charge is 2.06. The third-order valence-corrected chi connectivity index (χ3v) is 5.15. The zero-order chi connectivity index (χ0) is 17.5. The monoisotopic (exact) mass is 353 g/mol. The lowest BCUT2D eigenvalue weighted by molar-refractivity contribution is 1.54. The van der Waals surface area contributed by atoms with E-state index in [9.17, 15) is 0 Å². The van der Waals surface area contributed by atoms with E-state index in [4.69, 9.17) is 11.6 Å². The van der Waals surface area contributed by atoms with Crippen LogP contribution in [0.15, 0.2) is 91.0 Å². The first kappa shape index (κ1) is 15.2. The first-order chi connectivity index (χ1) is 12.8. The minimum absolute atomic E-state index is 0.761. The molecule has 124 valence electrons. The van der Waals surface area contributed by atoms with E-state index >= 15 is 0 Å². The molecule has 1 heterocycles. The van der Waals surface area contributed by atoms with Gasteiger partial charge in [0.1, 0.15) is 0 Å². The Bertz CT molecular complexity index is 1220. The normalized spacial score (nSPS) is 11.3. The largest absolute Gasteiger partial charge is 0.355 e. The minimum Gasteiger partial charge on any atom is -0.355 e. The van der Waals surface area contributed by atoms with Crippen molar-refractivity contribution in [2.24, 2.45) is 0 Å². The maximum absolute atomic E-state index is 5.98. The van der Waals surface area contributed by atoms with Crippen LogP contribution in [0.5, 0.6) is 0 Å². The van der Waals surface area contributed by atoms with E-state index < -0.39 is 0 Å². The van der Waals surface area contributed by atoms with Crippen LogP contribution in [-0.4, -0.2) is 4.98 Å². The number of aromatic nitrogens is 1. The maximum Gasteiger partial charge on any atom is 0.0465 e. The Morgan fingerprint density at radius 3 is 1.77 bits per heavy atom. The Kier molecular flexibility index (Phi) is 3.55. The van der Waals surface area contributed by atoms with Gasteiger partial charge in [-0.2, -0.15) is 0 Å². The van der Waals surface area contributed by atoms with Crippen LogP contribution in [0.25, 0.3) is 44.1 Å². The fourth-order valence-corrected chi connectivity index (χ4v) is 3.65. The van der Waals surface area contributed by atoms with Crippen LogP contribution in [0.3, 0.4) is 0 Å². The molecule has 0 saturated carbocycles. The van der Waals surface area contributed by atoms with Gasteiger partial charge in [-0.25, -0.2) is 0 Å². The van der Waals surface area contributed by atoms with Crippen molar-refractivity contribution >= 4 is 33.4 Å². The van der Waals surface area contributed by atoms with Crippen molar-refractivity contribution in [3.63, 3.8) is 0 Å². The molecule has 0 aliphatic rings. The summed E-state index contributed by atoms with van der Waals surface area (Å²) < 4.78 is 0. The molecular weight excluding hydrogens is 338 g/mol. The SMILES string of the molecule is Clc1ccc(-c2ccc(-c3ccc4[nH]c5ccccc5c4c3)cc2)cc1. The number of hydrogen-bond donors (Lipinski definition) is 1. The van der Waals surface area contributed by atoms with Crippen LogP contribution >= 0.6 is 11.6 Å². The number of halogens is 1. The van der Waals surface area contributed by atoms with Gasteiger partial charge in [-0.15, -0.1) is 0 Å². The quantitative estimate of drug-likeness (QED) is 0.342. The Morgan fingerprint density at radius 2 is 1.04 bits per heavy atom. The second-order valence-electron chi connectivity index (χ2n) is 6.52. The first-order valence-corrected chi connectivity index (χ1v) is 9.03. The summed E-state index contributed by atoms with van der Waals surface area (Å²) in [5.74, 6) is 0. The zero-order valence-corrected chi connectivity index (χ0v) is 14.8. The molecule has 0 bridgehead atoms. The molecule has 0 aliphatic heterocycles. The summed E-state index contributed by atoms with van der Waals surface area (Å²) in [6.07, 6.45) is 0. The lowest BCUT2D eigenvalue weighted by atomic mass is 9.99. The van der Waals surface area contributed by atoms with E-state index in [2.05, 4.69) is 83.8 Å². The summed E-state index contributed by atoms with van der Waals surface area (Å²) in [6, 6.07) is 31.7. The number of nitrogens with one attached hydrogen (secondary N) is 1. The third-order valence-electron chi connectivity index (χ3n) is 4.90. The number of rotatable bonds is 2. The Balaban J connectivity index is 1.56. The van der Waals surface area contributed by atoms with E-state index in [-0.39, 0.29) is 0 Å². The van der Waals surface area contributed by atoms with Crippen LogP contribution < -0.4 is 0 Å². The molecule has 5 rings (SSSR count). The lowest BCUT2D eigenvalue weighted by Gasteiger charge is -2.06. The van der Waals surface area contributed by atoms with Crippen molar-refractivity contribution in [3.8, 4) is 22.3 Å². The highest BCUT2D eigenvalue weighted by Crippen LogP contribution is 2.31. The fourth-order valence-electron chi connectivity index (χ4n) is 3.53. The molecule has 1 N–H and O–H groups in total. The molecule has 0 spiro atoms. The van der Waals surface area contributed by atoms with Crippen molar-refractivity contribution in [2.75, 3.05) is 0 Å². The van der Waals surface area contributed by atoms with Gasteiger partial charge < -0.3 is 4.98 Å². The van der Waals surface area contributed by atoms with E-state index in [1.54, 1.807) is 0 Å². The van der Waals surface area contributed by atoms with Crippen LogP contribution in [-0.2, 0) is 0 Å². The molecule has 2 heteroatoms. The van der Waals surface area contributed by atoms with Crippen LogP contribution in [0.2, 0.25) is 5.02 Å². The van der Waals surface area contributed by atoms with Crippen molar-refractivity contribution in [3.05, 3.63) is 96.0 Å². The topological polar surface area (TPSA) is 15.8 Å². The van der Waals surface area contributed by atoms with E-state index in [0.717, 1.165) is 5.02 Å². The number of H-pyrrole nitrogens is 1. The number of hydrogen-bond acceptors (Lipinski definition) is 0. The van der Waals surface area contributed by atoms with Gasteiger partial charge in [0.2, 0.25) is 0 Å². The third kappa shape index (κ3) is 2.58. The van der Waals surface area contributed by atoms with Crippen LogP contribution in [0.1, 0.15) is 0 Å². The molecule has 4 aromatic carbocycles. The number of benzene rings is 4. The fraction of sp³-hybridized carbons (Fsp3) is 0. The van der Waals surface area contributed by atoms with Crippen molar-refractivity contribution < 1.29 is 0 Å². The van der Waals surface area contributed by atoms with Crippen LogP contribution in [0.4, 0.5) is 0 Å². The molecule has 1 nitrogen and oxygen atoms in total. The van der Waals surface area contributed by atoms with Gasteiger partial charge in [-0.05, 0) is 52.6 Å². The first-order valence-electron chi connectivity index (χ1n) is 8.65. The van der Waals surface area contributed by atoms with Gasteiger partial charge in [-0.3, -0.25) is 0 Å². The van der Waals surface area contributed by atoms with E-state index in [1.165, 1.54) is 44.1 Å². The van der Waals surface area contributed by atoms with Crippen molar-refractivity contribution in [1.29, 1.82) is 0 Å². The predicted octanol–water partition coefficient (Wildman–Crippen LogP) is 7.31. The molecular formula is C24H16ClN. The molecule has 0 saturated heterocycles. The highest BCUT2D eigenvalue weighted by molar-refractivity contribution is 6.30. The van der Waals surface area contributed by atoms with Gasteiger partial charge in [0.15, 0.2) is 0 Å². The van der Waals surface area contributed by atoms with E-state index in [0.29, 0.717) is 0 Å². The predicted molar refractivity (Wildman–Crippen MR) is 112 cm³/mol. The standard InChI is InChI=1S/C24H16ClN/c25-20-12-9-17(10-13-20)16-5-7-18(8-6-16)19-11-14-24-22(15-19)21-3-1-2-4-23(21)26-24/h1-15,26H. The average Bonchev–Trinajstić information content (AvgIpc) is 3.07. The summed E-state index contributed by atoms with van der Waals surface area (Å²) in [7, 11) is 0. The van der Waals surface area contributed by atoms with Gasteiger partial charge in [0, 0.05) is 26.8 Å². The van der Waals surface area contributed by atoms with Crippen molar-refractivity contribution in [1.82, 2.24) is 4.98 Å². The molecule has 0 unspecified atom stereocenters. The summed E-state index contributed by atoms with van der Waals surface area (Å²) in [5.41, 5.74) is 7.16. The lowest BCUT2D eigenvalue weighted by Crippen LogP contribution is -1.81. The second-order valence-corrected chi connectivity index (χ2v) is 6.95. The van der Waals surface area contributed by atoms with E-state index in [1.807, 2.05) is 12.1 Å². The Morgan fingerprint density at radius 1 is 0.500 bits per heavy atom. The summed E-state index contributed by atoms with van der Waals surface area (Å²) >= 11 is 5.98. The molecule has 0 amide bonds. The smallest absolute Gasteiger partial charge is 0.0465 e. The summed E-state index contributed by atoms with van der Waals surface area (Å²) in [4.78, 5) is 3.48. The Labute approximate surface area is 156 Å². The molecule has 0 aliphatic carbocycles. The van der Waals surface area contributed by atoms with Gasteiger partial charge in [-0.1, -0.05) is 72.3 Å². The zero-order valence-electron chi connectivity index (χ0n) is 14.0. The van der Waals surface area contributed by atoms with Gasteiger partial charge >= 0.3 is 0 Å². The molecule has 0 atom stereocenters. The summed E-state index contributed by atoms with van der Waals surface area (Å²) in [6.45, 7) is 0.